The minimum Gasteiger partial charge on any atom is -0.379 e. The van der Waals surface area contributed by atoms with Crippen LogP contribution in [-0.4, -0.2) is 60.0 Å². The van der Waals surface area contributed by atoms with Crippen LogP contribution in [0.1, 0.15) is 0 Å². The lowest BCUT2D eigenvalue weighted by molar-refractivity contribution is 0.0730. The molecule has 0 aromatic carbocycles. The summed E-state index contributed by atoms with van der Waals surface area (Å²) < 4.78 is 16.2. The molecule has 2 N–H and O–H groups in total. The van der Waals surface area contributed by atoms with Gasteiger partial charge in [0, 0.05) is 55.6 Å². The molecule has 0 aromatic heterocycles. The zero-order chi connectivity index (χ0) is 9.68. The molecule has 78 valence electrons. The Morgan fingerprint density at radius 3 is 2.62 bits per heavy atom. The molecule has 0 saturated carbocycles. The Kier molecular flexibility index (Phi) is 4.87. The molecule has 0 amide bonds. The molecular formula is C8H18N2O2S. The molecule has 0 aromatic rings. The lowest BCUT2D eigenvalue weighted by Crippen LogP contribution is -2.44. The van der Waals surface area contributed by atoms with Gasteiger partial charge in [0.15, 0.2) is 0 Å². The second-order valence-electron chi connectivity index (χ2n) is 3.24. The summed E-state index contributed by atoms with van der Waals surface area (Å²) in [6.07, 6.45) is 0.117. The van der Waals surface area contributed by atoms with Crippen LogP contribution in [0.4, 0.5) is 0 Å². The van der Waals surface area contributed by atoms with Crippen molar-refractivity contribution >= 4 is 10.8 Å². The first-order valence-corrected chi connectivity index (χ1v) is 6.05. The summed E-state index contributed by atoms with van der Waals surface area (Å²) in [4.78, 5) is 2.27. The van der Waals surface area contributed by atoms with Crippen LogP contribution in [0.2, 0.25) is 0 Å². The summed E-state index contributed by atoms with van der Waals surface area (Å²) in [5.74, 6) is 1.59. The molecule has 1 heterocycles. The fourth-order valence-corrected chi connectivity index (χ4v) is 2.52. The summed E-state index contributed by atoms with van der Waals surface area (Å²) in [7, 11) is 1.09. The molecule has 4 nitrogen and oxygen atoms in total. The first-order valence-electron chi connectivity index (χ1n) is 4.56. The van der Waals surface area contributed by atoms with Crippen LogP contribution in [0.3, 0.4) is 0 Å². The van der Waals surface area contributed by atoms with E-state index in [1.807, 2.05) is 0 Å². The van der Waals surface area contributed by atoms with Crippen LogP contribution >= 0.6 is 0 Å². The van der Waals surface area contributed by atoms with E-state index in [-0.39, 0.29) is 6.10 Å². The molecule has 13 heavy (non-hydrogen) atoms. The van der Waals surface area contributed by atoms with Crippen molar-refractivity contribution < 1.29 is 8.95 Å². The predicted octanol–water partition coefficient (Wildman–Crippen LogP) is -0.976. The molecular weight excluding hydrogens is 188 g/mol. The predicted molar refractivity (Wildman–Crippen MR) is 54.2 cm³/mol. The van der Waals surface area contributed by atoms with Gasteiger partial charge in [0.2, 0.25) is 0 Å². The fourth-order valence-electron chi connectivity index (χ4n) is 1.39. The highest BCUT2D eigenvalue weighted by Gasteiger charge is 2.17. The molecule has 1 unspecified atom stereocenters. The van der Waals surface area contributed by atoms with Gasteiger partial charge < -0.3 is 10.5 Å². The highest BCUT2D eigenvalue weighted by molar-refractivity contribution is 7.85. The van der Waals surface area contributed by atoms with Gasteiger partial charge >= 0.3 is 0 Å². The topological polar surface area (TPSA) is 55.6 Å². The quantitative estimate of drug-likeness (QED) is 0.643. The number of hydrogen-bond acceptors (Lipinski definition) is 4. The lowest BCUT2D eigenvalue weighted by atomic mass is 10.3. The standard InChI is InChI=1S/C8H18N2O2S/c1-12-8(6-9)7-10-2-4-13(11)5-3-10/h8H,2-7,9H2,1H3. The maximum atomic E-state index is 11.1. The zero-order valence-electron chi connectivity index (χ0n) is 8.07. The molecule has 1 saturated heterocycles. The van der Waals surface area contributed by atoms with Crippen molar-refractivity contribution in [3.05, 3.63) is 0 Å². The molecule has 1 rings (SSSR count). The van der Waals surface area contributed by atoms with Crippen LogP contribution in [0.5, 0.6) is 0 Å². The first-order chi connectivity index (χ1) is 6.26. The second-order valence-corrected chi connectivity index (χ2v) is 4.94. The van der Waals surface area contributed by atoms with Crippen molar-refractivity contribution in [3.63, 3.8) is 0 Å². The maximum absolute atomic E-state index is 11.1. The smallest absolute Gasteiger partial charge is 0.0820 e. The normalized spacial score (nSPS) is 23.2. The number of nitrogens with two attached hydrogens (primary N) is 1. The Labute approximate surface area is 81.9 Å². The second kappa shape index (κ2) is 5.70. The van der Waals surface area contributed by atoms with E-state index in [4.69, 9.17) is 10.5 Å². The molecule has 1 aliphatic heterocycles. The Hall–Kier alpha value is 0.0300. The highest BCUT2D eigenvalue weighted by Crippen LogP contribution is 2.01. The molecule has 0 radical (unpaired) electrons. The third-order valence-corrected chi connectivity index (χ3v) is 3.60. The van der Waals surface area contributed by atoms with E-state index in [0.717, 1.165) is 31.1 Å². The van der Waals surface area contributed by atoms with Gasteiger partial charge in [-0.1, -0.05) is 0 Å². The summed E-state index contributed by atoms with van der Waals surface area (Å²) in [5.41, 5.74) is 5.52. The molecule has 0 bridgehead atoms. The van der Waals surface area contributed by atoms with E-state index in [2.05, 4.69) is 4.90 Å². The third kappa shape index (κ3) is 3.72. The zero-order valence-corrected chi connectivity index (χ0v) is 8.89. The summed E-state index contributed by atoms with van der Waals surface area (Å²) in [5, 5.41) is 0. The molecule has 1 fully saturated rings. The average Bonchev–Trinajstić information content (AvgIpc) is 2.17. The SMILES string of the molecule is COC(CN)CN1CCS(=O)CC1. The van der Waals surface area contributed by atoms with Crippen molar-refractivity contribution in [3.8, 4) is 0 Å². The van der Waals surface area contributed by atoms with Gasteiger partial charge in [-0.2, -0.15) is 0 Å². The fraction of sp³-hybridized carbons (Fsp3) is 1.00. The molecule has 5 heteroatoms. The van der Waals surface area contributed by atoms with Gasteiger partial charge in [0.25, 0.3) is 0 Å². The van der Waals surface area contributed by atoms with Gasteiger partial charge in [-0.25, -0.2) is 0 Å². The van der Waals surface area contributed by atoms with Crippen molar-refractivity contribution in [1.82, 2.24) is 4.90 Å². The van der Waals surface area contributed by atoms with Crippen LogP contribution in [0.25, 0.3) is 0 Å². The lowest BCUT2D eigenvalue weighted by Gasteiger charge is -2.28. The Morgan fingerprint density at radius 2 is 2.15 bits per heavy atom. The van der Waals surface area contributed by atoms with E-state index < -0.39 is 10.8 Å². The van der Waals surface area contributed by atoms with E-state index in [9.17, 15) is 4.21 Å². The molecule has 0 aliphatic carbocycles. The molecule has 1 atom stereocenters. The van der Waals surface area contributed by atoms with E-state index in [1.165, 1.54) is 0 Å². The van der Waals surface area contributed by atoms with E-state index >= 15 is 0 Å². The van der Waals surface area contributed by atoms with Gasteiger partial charge in [-0.05, 0) is 0 Å². The Morgan fingerprint density at radius 1 is 1.54 bits per heavy atom. The largest absolute Gasteiger partial charge is 0.379 e. The number of methoxy groups -OCH3 is 1. The van der Waals surface area contributed by atoms with Gasteiger partial charge in [-0.3, -0.25) is 9.11 Å². The monoisotopic (exact) mass is 206 g/mol. The third-order valence-electron chi connectivity index (χ3n) is 2.33. The minimum absolute atomic E-state index is 0.117. The highest BCUT2D eigenvalue weighted by atomic mass is 32.2. The summed E-state index contributed by atoms with van der Waals surface area (Å²) in [6, 6.07) is 0. The first kappa shape index (κ1) is 11.1. The van der Waals surface area contributed by atoms with Crippen molar-refractivity contribution in [2.45, 2.75) is 6.10 Å². The van der Waals surface area contributed by atoms with Crippen LogP contribution in [0.15, 0.2) is 0 Å². The summed E-state index contributed by atoms with van der Waals surface area (Å²) >= 11 is 0. The average molecular weight is 206 g/mol. The van der Waals surface area contributed by atoms with Gasteiger partial charge in [-0.15, -0.1) is 0 Å². The van der Waals surface area contributed by atoms with Crippen LogP contribution in [0, 0.1) is 0 Å². The van der Waals surface area contributed by atoms with Crippen molar-refractivity contribution in [2.24, 2.45) is 5.73 Å². The van der Waals surface area contributed by atoms with E-state index in [0.29, 0.717) is 6.54 Å². The minimum atomic E-state index is -0.593. The van der Waals surface area contributed by atoms with Gasteiger partial charge in [0.1, 0.15) is 0 Å². The Bertz CT molecular complexity index is 164. The van der Waals surface area contributed by atoms with E-state index in [1.54, 1.807) is 7.11 Å². The maximum Gasteiger partial charge on any atom is 0.0820 e. The van der Waals surface area contributed by atoms with Crippen LogP contribution in [-0.2, 0) is 15.5 Å². The van der Waals surface area contributed by atoms with Crippen molar-refractivity contribution in [1.29, 1.82) is 0 Å². The number of ether oxygens (including phenoxy) is 1. The molecule has 0 spiro atoms. The number of hydrogen-bond donors (Lipinski definition) is 1. The van der Waals surface area contributed by atoms with Gasteiger partial charge in [0.05, 0.1) is 6.10 Å². The van der Waals surface area contributed by atoms with Crippen molar-refractivity contribution in [2.75, 3.05) is 44.8 Å². The Balaban J connectivity index is 2.24. The number of rotatable bonds is 4. The van der Waals surface area contributed by atoms with Crippen LogP contribution < -0.4 is 5.73 Å². The number of nitrogens with zero attached hydrogens (tertiary/aromatic N) is 1. The molecule has 1 aliphatic rings. The summed E-state index contributed by atoms with van der Waals surface area (Å²) in [6.45, 7) is 3.24.